The fourth-order valence-electron chi connectivity index (χ4n) is 5.77. The zero-order valence-electron chi connectivity index (χ0n) is 34.7. The Balaban J connectivity index is 1.21. The molecule has 0 saturated heterocycles. The van der Waals surface area contributed by atoms with Gasteiger partial charge < -0.3 is 18.8 Å². The fraction of sp³-hybridized carbons (Fsp3) is 0.435. The van der Waals surface area contributed by atoms with Crippen LogP contribution in [0, 0.1) is 0 Å². The van der Waals surface area contributed by atoms with Gasteiger partial charge in [0.25, 0.3) is 0 Å². The van der Waals surface area contributed by atoms with Gasteiger partial charge in [0.15, 0.2) is 12.4 Å². The minimum absolute atomic E-state index is 0.868. The Morgan fingerprint density at radius 3 is 1.63 bits per heavy atom. The number of aryl methyl sites for hydroxylation is 1. The van der Waals surface area contributed by atoms with Crippen LogP contribution >= 0.6 is 21.6 Å². The van der Waals surface area contributed by atoms with Crippen molar-refractivity contribution < 1.29 is 13.5 Å². The zero-order chi connectivity index (χ0) is 39.2. The van der Waals surface area contributed by atoms with Gasteiger partial charge in [-0.3, -0.25) is 4.99 Å². The molecule has 0 aliphatic carbocycles. The summed E-state index contributed by atoms with van der Waals surface area (Å²) in [6, 6.07) is 21.6. The first-order chi connectivity index (χ1) is 25.9. The van der Waals surface area contributed by atoms with Gasteiger partial charge in [0.05, 0.1) is 65.9 Å². The normalized spacial score (nSPS) is 12.7. The van der Waals surface area contributed by atoms with E-state index >= 15 is 0 Å². The molecule has 0 radical (unpaired) electrons. The van der Waals surface area contributed by atoms with Gasteiger partial charge >= 0.3 is 0 Å². The van der Waals surface area contributed by atoms with Gasteiger partial charge in [-0.2, -0.15) is 0 Å². The minimum Gasteiger partial charge on any atom is -0.378 e. The Bertz CT molecular complexity index is 1620. The van der Waals surface area contributed by atoms with Crippen LogP contribution in [0.3, 0.4) is 0 Å². The molecule has 0 spiro atoms. The number of aromatic nitrogens is 1. The van der Waals surface area contributed by atoms with Crippen LogP contribution in [-0.4, -0.2) is 116 Å². The average molecular weight is 770 g/mol. The monoisotopic (exact) mass is 770 g/mol. The lowest BCUT2D eigenvalue weighted by Crippen LogP contribution is -2.43. The SMILES string of the molecule is C=CC(/C=C/c1ccc(N(C)C)cc1)=C\C=N\CCCC[N+](C)(C)CCSSCC[N+](C)(C)CCCC[n+]1ccc(/C=C/c2ccc(N(C)C)cc2)cc1. The molecule has 0 bridgehead atoms. The summed E-state index contributed by atoms with van der Waals surface area (Å²) in [4.78, 5) is 8.86. The Kier molecular flexibility index (Phi) is 20.0. The number of unbranched alkanes of at least 4 members (excludes halogenated alkanes) is 2. The van der Waals surface area contributed by atoms with Gasteiger partial charge in [0, 0.05) is 77.3 Å². The number of hydrogen-bond donors (Lipinski definition) is 0. The van der Waals surface area contributed by atoms with Gasteiger partial charge in [-0.15, -0.1) is 0 Å². The highest BCUT2D eigenvalue weighted by Gasteiger charge is 2.16. The number of rotatable bonds is 25. The summed E-state index contributed by atoms with van der Waals surface area (Å²) >= 11 is 0. The first-order valence-electron chi connectivity index (χ1n) is 19.5. The van der Waals surface area contributed by atoms with Crippen LogP contribution in [0.5, 0.6) is 0 Å². The lowest BCUT2D eigenvalue weighted by Gasteiger charge is -2.30. The molecule has 6 nitrogen and oxygen atoms in total. The van der Waals surface area contributed by atoms with Crippen LogP contribution in [0.15, 0.2) is 108 Å². The molecule has 0 aliphatic heterocycles. The van der Waals surface area contributed by atoms with Crippen LogP contribution < -0.4 is 14.4 Å². The number of quaternary nitrogens is 2. The van der Waals surface area contributed by atoms with Crippen LogP contribution in [0.4, 0.5) is 11.4 Å². The molecule has 0 atom stereocenters. The Hall–Kier alpha value is -3.56. The summed E-state index contributed by atoms with van der Waals surface area (Å²) in [5, 5.41) is 0. The van der Waals surface area contributed by atoms with Crippen LogP contribution in [0.2, 0.25) is 0 Å². The van der Waals surface area contributed by atoms with E-state index in [1.807, 2.05) is 40.0 Å². The maximum atomic E-state index is 4.63. The number of hydrogen-bond acceptors (Lipinski definition) is 5. The summed E-state index contributed by atoms with van der Waals surface area (Å²) in [7, 11) is 21.8. The van der Waals surface area contributed by atoms with Crippen LogP contribution in [-0.2, 0) is 6.54 Å². The molecule has 1 heterocycles. The summed E-state index contributed by atoms with van der Waals surface area (Å²) in [6.45, 7) is 10.7. The van der Waals surface area contributed by atoms with E-state index in [1.165, 1.54) is 85.0 Å². The quantitative estimate of drug-likeness (QED) is 0.0214. The van der Waals surface area contributed by atoms with Gasteiger partial charge in [0.1, 0.15) is 6.54 Å². The van der Waals surface area contributed by atoms with E-state index in [4.69, 9.17) is 0 Å². The van der Waals surface area contributed by atoms with E-state index in [2.05, 4.69) is 180 Å². The third-order valence-corrected chi connectivity index (χ3v) is 12.0. The van der Waals surface area contributed by atoms with E-state index in [9.17, 15) is 0 Å². The van der Waals surface area contributed by atoms with Crippen LogP contribution in [0.25, 0.3) is 18.2 Å². The molecule has 3 rings (SSSR count). The molecule has 2 aromatic carbocycles. The van der Waals surface area contributed by atoms with Crippen molar-refractivity contribution in [1.82, 2.24) is 0 Å². The van der Waals surface area contributed by atoms with E-state index in [1.54, 1.807) is 0 Å². The molecule has 292 valence electrons. The average Bonchev–Trinajstić information content (AvgIpc) is 3.15. The third kappa shape index (κ3) is 18.7. The van der Waals surface area contributed by atoms with Crippen molar-refractivity contribution in [3.63, 3.8) is 0 Å². The van der Waals surface area contributed by atoms with E-state index < -0.39 is 0 Å². The highest BCUT2D eigenvalue weighted by Crippen LogP contribution is 2.23. The molecule has 0 unspecified atom stereocenters. The molecule has 0 N–H and O–H groups in total. The lowest BCUT2D eigenvalue weighted by molar-refractivity contribution is -0.888. The Morgan fingerprint density at radius 2 is 1.13 bits per heavy atom. The molecule has 54 heavy (non-hydrogen) atoms. The van der Waals surface area contributed by atoms with Crippen molar-refractivity contribution >= 4 is 57.4 Å². The van der Waals surface area contributed by atoms with Crippen molar-refractivity contribution in [1.29, 1.82) is 0 Å². The van der Waals surface area contributed by atoms with E-state index in [0.29, 0.717) is 0 Å². The lowest BCUT2D eigenvalue weighted by atomic mass is 10.1. The number of allylic oxidation sites excluding steroid dienone is 4. The second-order valence-electron chi connectivity index (χ2n) is 15.8. The molecule has 0 fully saturated rings. The van der Waals surface area contributed by atoms with Crippen molar-refractivity contribution in [3.8, 4) is 0 Å². The van der Waals surface area contributed by atoms with Crippen molar-refractivity contribution in [3.05, 3.63) is 120 Å². The molecule has 1 aromatic heterocycles. The number of nitrogens with zero attached hydrogens (tertiary/aromatic N) is 6. The second kappa shape index (κ2) is 24.1. The summed E-state index contributed by atoms with van der Waals surface area (Å²) in [5.74, 6) is 2.40. The van der Waals surface area contributed by atoms with Gasteiger partial charge in [0.2, 0.25) is 0 Å². The van der Waals surface area contributed by atoms with Gasteiger partial charge in [-0.05, 0) is 65.4 Å². The van der Waals surface area contributed by atoms with Crippen molar-refractivity contribution in [2.24, 2.45) is 4.99 Å². The summed E-state index contributed by atoms with van der Waals surface area (Å²) < 4.78 is 4.48. The van der Waals surface area contributed by atoms with Crippen molar-refractivity contribution in [2.45, 2.75) is 32.2 Å². The summed E-state index contributed by atoms with van der Waals surface area (Å²) in [5.41, 5.74) is 7.11. The predicted octanol–water partition coefficient (Wildman–Crippen LogP) is 9.27. The Labute approximate surface area is 337 Å². The number of anilines is 2. The second-order valence-corrected chi connectivity index (χ2v) is 18.5. The van der Waals surface area contributed by atoms with Crippen molar-refractivity contribution in [2.75, 3.05) is 110 Å². The first kappa shape index (κ1) is 44.8. The third-order valence-electron chi connectivity index (χ3n) is 9.65. The smallest absolute Gasteiger partial charge is 0.169 e. The minimum atomic E-state index is 0.868. The predicted molar refractivity (Wildman–Crippen MR) is 245 cm³/mol. The number of benzene rings is 2. The molecule has 8 heteroatoms. The molecule has 0 aliphatic rings. The number of pyridine rings is 1. The maximum absolute atomic E-state index is 4.63. The highest BCUT2D eigenvalue weighted by molar-refractivity contribution is 8.76. The zero-order valence-corrected chi connectivity index (χ0v) is 36.3. The molecule has 3 aromatic rings. The van der Waals surface area contributed by atoms with Gasteiger partial charge in [-0.1, -0.05) is 82.8 Å². The standard InChI is InChI=1S/C46H69N6S2/c1-10-41(15-16-42-19-23-45(24-20-42)48(2)3)27-31-47-30-11-13-35-51(6,7)37-39-53-54-40-38-52(8,9)36-14-12-32-50-33-28-44(29-34-50)18-17-43-21-25-46(26-22-43)49(4)5/h10,15-29,31,33-34H,1,11-14,30,32,35-40H2,2-9H3/q+3/b16-15+,41-27+,47-31+. The Morgan fingerprint density at radius 1 is 0.648 bits per heavy atom. The van der Waals surface area contributed by atoms with E-state index in [0.717, 1.165) is 34.0 Å². The largest absolute Gasteiger partial charge is 0.378 e. The van der Waals surface area contributed by atoms with Gasteiger partial charge in [-0.25, -0.2) is 4.57 Å². The molecular formula is C46H69N6S2+3. The topological polar surface area (TPSA) is 22.7 Å². The number of aliphatic imine (C=N–C) groups is 1. The fourth-order valence-corrected chi connectivity index (χ4v) is 8.30. The molecule has 0 amide bonds. The highest BCUT2D eigenvalue weighted by atomic mass is 33.1. The maximum Gasteiger partial charge on any atom is 0.169 e. The summed E-state index contributed by atoms with van der Waals surface area (Å²) in [6.07, 6.45) is 23.6. The molecular weight excluding hydrogens is 701 g/mol. The van der Waals surface area contributed by atoms with E-state index in [-0.39, 0.29) is 0 Å². The first-order valence-corrected chi connectivity index (χ1v) is 22.0. The van der Waals surface area contributed by atoms with Crippen LogP contribution in [0.1, 0.15) is 42.4 Å². The molecule has 0 saturated carbocycles.